The molecule has 0 aromatic heterocycles. The lowest BCUT2D eigenvalue weighted by atomic mass is 9.89. The van der Waals surface area contributed by atoms with Crippen molar-refractivity contribution in [1.29, 1.82) is 0 Å². The van der Waals surface area contributed by atoms with Gasteiger partial charge in [-0.15, -0.1) is 0 Å². The maximum Gasteiger partial charge on any atom is 0.410 e. The van der Waals surface area contributed by atoms with Crippen molar-refractivity contribution < 1.29 is 19.1 Å². The Hall–Kier alpha value is -2.28. The summed E-state index contributed by atoms with van der Waals surface area (Å²) >= 11 is 0. The molecule has 1 unspecified atom stereocenters. The summed E-state index contributed by atoms with van der Waals surface area (Å²) in [5.74, 6) is 0.551. The quantitative estimate of drug-likeness (QED) is 0.722. The van der Waals surface area contributed by atoms with E-state index in [4.69, 9.17) is 9.47 Å². The summed E-state index contributed by atoms with van der Waals surface area (Å²) in [5.41, 5.74) is 0.546. The summed E-state index contributed by atoms with van der Waals surface area (Å²) in [7, 11) is 0. The summed E-state index contributed by atoms with van der Waals surface area (Å²) in [4.78, 5) is 30.8. The fourth-order valence-electron chi connectivity index (χ4n) is 4.31. The first-order chi connectivity index (χ1) is 14.7. The number of nitrogens with zero attached hydrogens (tertiary/aromatic N) is 3. The van der Waals surface area contributed by atoms with Crippen molar-refractivity contribution in [1.82, 2.24) is 14.7 Å². The summed E-state index contributed by atoms with van der Waals surface area (Å²) in [6.45, 7) is 12.9. The van der Waals surface area contributed by atoms with E-state index < -0.39 is 5.60 Å². The highest BCUT2D eigenvalue weighted by atomic mass is 16.6. The molecule has 1 aromatic rings. The Kier molecular flexibility index (Phi) is 7.81. The van der Waals surface area contributed by atoms with Gasteiger partial charge in [-0.3, -0.25) is 4.90 Å². The van der Waals surface area contributed by atoms with E-state index in [0.29, 0.717) is 31.7 Å². The van der Waals surface area contributed by atoms with E-state index in [1.165, 1.54) is 0 Å². The third kappa shape index (κ3) is 6.86. The summed E-state index contributed by atoms with van der Waals surface area (Å²) in [5, 5.41) is 0. The molecule has 0 aliphatic carbocycles. The minimum absolute atomic E-state index is 0.207. The van der Waals surface area contributed by atoms with Gasteiger partial charge in [0.25, 0.3) is 0 Å². The first-order valence-corrected chi connectivity index (χ1v) is 11.4. The van der Waals surface area contributed by atoms with Crippen molar-refractivity contribution in [3.05, 3.63) is 35.9 Å². The Morgan fingerprint density at radius 3 is 2.10 bits per heavy atom. The molecule has 31 heavy (non-hydrogen) atoms. The Bertz CT molecular complexity index is 718. The molecule has 7 heteroatoms. The van der Waals surface area contributed by atoms with Gasteiger partial charge >= 0.3 is 12.2 Å². The van der Waals surface area contributed by atoms with Crippen LogP contribution in [0, 0.1) is 5.92 Å². The topological polar surface area (TPSA) is 62.3 Å². The number of benzene rings is 1. The molecule has 2 fully saturated rings. The highest BCUT2D eigenvalue weighted by molar-refractivity contribution is 5.68. The van der Waals surface area contributed by atoms with Gasteiger partial charge in [0.15, 0.2) is 0 Å². The van der Waals surface area contributed by atoms with Crippen molar-refractivity contribution in [2.45, 2.75) is 58.8 Å². The summed E-state index contributed by atoms with van der Waals surface area (Å²) in [6, 6.07) is 10.2. The maximum atomic E-state index is 12.4. The molecule has 3 rings (SSSR count). The lowest BCUT2D eigenvalue weighted by Crippen LogP contribution is -2.54. The average molecular weight is 432 g/mol. The van der Waals surface area contributed by atoms with E-state index >= 15 is 0 Å². The number of likely N-dealkylation sites (tertiary alicyclic amines) is 1. The van der Waals surface area contributed by atoms with Crippen LogP contribution in [-0.4, -0.2) is 77.8 Å². The minimum Gasteiger partial charge on any atom is -0.445 e. The highest BCUT2D eigenvalue weighted by Crippen LogP contribution is 2.26. The first kappa shape index (κ1) is 23.4. The minimum atomic E-state index is -0.455. The second-order valence-electron chi connectivity index (χ2n) is 9.61. The lowest BCUT2D eigenvalue weighted by molar-refractivity contribution is 0.01000. The van der Waals surface area contributed by atoms with E-state index in [1.54, 1.807) is 4.90 Å². The number of rotatable bonds is 4. The van der Waals surface area contributed by atoms with Crippen molar-refractivity contribution in [3.8, 4) is 0 Å². The van der Waals surface area contributed by atoms with Crippen molar-refractivity contribution >= 4 is 12.2 Å². The van der Waals surface area contributed by atoms with E-state index in [2.05, 4.69) is 11.8 Å². The second kappa shape index (κ2) is 10.4. The number of amides is 2. The van der Waals surface area contributed by atoms with Gasteiger partial charge in [-0.05, 0) is 52.0 Å². The van der Waals surface area contributed by atoms with Gasteiger partial charge in [-0.1, -0.05) is 30.3 Å². The molecule has 0 saturated carbocycles. The Labute approximate surface area is 186 Å². The fraction of sp³-hybridized carbons (Fsp3) is 0.667. The molecule has 2 heterocycles. The molecule has 1 aromatic carbocycles. The predicted molar refractivity (Wildman–Crippen MR) is 120 cm³/mol. The van der Waals surface area contributed by atoms with Crippen molar-refractivity contribution in [3.63, 3.8) is 0 Å². The van der Waals surface area contributed by atoms with Gasteiger partial charge in [-0.25, -0.2) is 9.59 Å². The van der Waals surface area contributed by atoms with Crippen LogP contribution in [0.15, 0.2) is 30.3 Å². The molecule has 172 valence electrons. The fourth-order valence-corrected chi connectivity index (χ4v) is 4.31. The number of piperazine rings is 1. The van der Waals surface area contributed by atoms with E-state index in [0.717, 1.165) is 44.6 Å². The van der Waals surface area contributed by atoms with E-state index in [-0.39, 0.29) is 12.2 Å². The zero-order valence-electron chi connectivity index (χ0n) is 19.4. The number of piperidine rings is 1. The molecule has 0 radical (unpaired) electrons. The molecule has 7 nitrogen and oxygen atoms in total. The monoisotopic (exact) mass is 431 g/mol. The van der Waals surface area contributed by atoms with Crippen LogP contribution < -0.4 is 0 Å². The lowest BCUT2D eigenvalue weighted by Gasteiger charge is -2.43. The van der Waals surface area contributed by atoms with Crippen LogP contribution in [0.2, 0.25) is 0 Å². The number of carbonyl (C=O) groups excluding carboxylic acids is 2. The van der Waals surface area contributed by atoms with Crippen LogP contribution in [-0.2, 0) is 16.1 Å². The largest absolute Gasteiger partial charge is 0.445 e. The zero-order chi connectivity index (χ0) is 22.4. The van der Waals surface area contributed by atoms with Gasteiger partial charge in [0.05, 0.1) is 0 Å². The van der Waals surface area contributed by atoms with Crippen LogP contribution in [0.5, 0.6) is 0 Å². The number of hydrogen-bond donors (Lipinski definition) is 0. The highest BCUT2D eigenvalue weighted by Gasteiger charge is 2.33. The van der Waals surface area contributed by atoms with E-state index in [9.17, 15) is 9.59 Å². The summed E-state index contributed by atoms with van der Waals surface area (Å²) < 4.78 is 11.0. The van der Waals surface area contributed by atoms with Gasteiger partial charge in [0, 0.05) is 45.3 Å². The van der Waals surface area contributed by atoms with Crippen molar-refractivity contribution in [2.24, 2.45) is 5.92 Å². The molecule has 2 amide bonds. The molecule has 2 aliphatic rings. The first-order valence-electron chi connectivity index (χ1n) is 11.4. The zero-order valence-corrected chi connectivity index (χ0v) is 19.4. The van der Waals surface area contributed by atoms with Crippen LogP contribution in [0.1, 0.15) is 46.1 Å². The third-order valence-electron chi connectivity index (χ3n) is 6.23. The number of ether oxygens (including phenoxy) is 2. The standard InChI is InChI=1S/C24H37N3O4/c1-19(21-10-12-26(13-11-21)23(29)31-24(2,3)4)25-14-16-27(17-15-25)22(28)30-18-20-8-6-5-7-9-20/h5-9,19,21H,10-18H2,1-4H3. The van der Waals surface area contributed by atoms with Crippen molar-refractivity contribution in [2.75, 3.05) is 39.3 Å². The van der Waals surface area contributed by atoms with Crippen LogP contribution in [0.25, 0.3) is 0 Å². The molecular weight excluding hydrogens is 394 g/mol. The molecule has 0 spiro atoms. The molecular formula is C24H37N3O4. The Balaban J connectivity index is 1.39. The number of hydrogen-bond acceptors (Lipinski definition) is 5. The van der Waals surface area contributed by atoms with Crippen LogP contribution in [0.3, 0.4) is 0 Å². The van der Waals surface area contributed by atoms with Gasteiger partial charge in [-0.2, -0.15) is 0 Å². The van der Waals surface area contributed by atoms with Crippen LogP contribution >= 0.6 is 0 Å². The second-order valence-corrected chi connectivity index (χ2v) is 9.61. The van der Waals surface area contributed by atoms with E-state index in [1.807, 2.05) is 56.0 Å². The number of carbonyl (C=O) groups is 2. The molecule has 2 aliphatic heterocycles. The normalized spacial score (nSPS) is 19.7. The summed E-state index contributed by atoms with van der Waals surface area (Å²) in [6.07, 6.45) is 1.53. The van der Waals surface area contributed by atoms with Gasteiger partial charge in [0.1, 0.15) is 12.2 Å². The van der Waals surface area contributed by atoms with Crippen LogP contribution in [0.4, 0.5) is 9.59 Å². The molecule has 0 bridgehead atoms. The SMILES string of the molecule is CC(C1CCN(C(=O)OC(C)(C)C)CC1)N1CCN(C(=O)OCc2ccccc2)CC1. The van der Waals surface area contributed by atoms with Gasteiger partial charge in [0.2, 0.25) is 0 Å². The van der Waals surface area contributed by atoms with Gasteiger partial charge < -0.3 is 19.3 Å². The molecule has 0 N–H and O–H groups in total. The predicted octanol–water partition coefficient (Wildman–Crippen LogP) is 3.98. The Morgan fingerprint density at radius 1 is 0.935 bits per heavy atom. The molecule has 2 saturated heterocycles. The smallest absolute Gasteiger partial charge is 0.410 e. The molecule has 1 atom stereocenters. The Morgan fingerprint density at radius 2 is 1.52 bits per heavy atom. The maximum absolute atomic E-state index is 12.4. The average Bonchev–Trinajstić information content (AvgIpc) is 2.77. The third-order valence-corrected chi connectivity index (χ3v) is 6.23.